The van der Waals surface area contributed by atoms with Crippen LogP contribution in [0.2, 0.25) is 0 Å². The van der Waals surface area contributed by atoms with E-state index in [0.29, 0.717) is 16.8 Å². The molecule has 0 aromatic carbocycles. The average molecular weight is 383 g/mol. The van der Waals surface area contributed by atoms with Crippen LogP contribution < -0.4 is 11.5 Å². The number of nitrogens with two attached hydrogens (primary N) is 2. The smallest absolute Gasteiger partial charge is 0.339 e. The molecule has 4 aromatic rings. The van der Waals surface area contributed by atoms with E-state index in [1.54, 1.807) is 13.0 Å². The lowest BCUT2D eigenvalue weighted by Gasteiger charge is -2.07. The molecule has 27 heavy (non-hydrogen) atoms. The first-order chi connectivity index (χ1) is 13.0. The van der Waals surface area contributed by atoms with Gasteiger partial charge in [-0.1, -0.05) is 11.2 Å². The van der Waals surface area contributed by atoms with Crippen molar-refractivity contribution >= 4 is 40.3 Å². The Morgan fingerprint density at radius 2 is 2.00 bits per heavy atom. The van der Waals surface area contributed by atoms with Crippen molar-refractivity contribution in [1.29, 1.82) is 0 Å². The van der Waals surface area contributed by atoms with Gasteiger partial charge in [0.15, 0.2) is 12.4 Å². The Morgan fingerprint density at radius 3 is 2.70 bits per heavy atom. The molecule has 0 atom stereocenters. The molecule has 4 aromatic heterocycles. The van der Waals surface area contributed by atoms with Crippen molar-refractivity contribution in [1.82, 2.24) is 25.1 Å². The molecule has 0 radical (unpaired) electrons. The summed E-state index contributed by atoms with van der Waals surface area (Å²) in [5.74, 6) is -0.535. The zero-order valence-electron chi connectivity index (χ0n) is 14.0. The number of carbonyl (C=O) groups excluding carboxylic acids is 1. The summed E-state index contributed by atoms with van der Waals surface area (Å²) in [4.78, 5) is 29.5. The molecule has 136 valence electrons. The van der Waals surface area contributed by atoms with Crippen molar-refractivity contribution in [3.05, 3.63) is 40.7 Å². The predicted octanol–water partition coefficient (Wildman–Crippen LogP) is 1.97. The van der Waals surface area contributed by atoms with Crippen LogP contribution in [-0.4, -0.2) is 31.1 Å². The number of carbonyl (C=O) groups is 1. The fourth-order valence-corrected chi connectivity index (χ4v) is 3.22. The molecule has 0 aliphatic heterocycles. The van der Waals surface area contributed by atoms with Crippen LogP contribution in [0, 0.1) is 6.92 Å². The van der Waals surface area contributed by atoms with E-state index in [9.17, 15) is 4.79 Å². The highest BCUT2D eigenvalue weighted by Gasteiger charge is 2.21. The van der Waals surface area contributed by atoms with Crippen molar-refractivity contribution in [3.63, 3.8) is 0 Å². The van der Waals surface area contributed by atoms with E-state index in [0.717, 1.165) is 4.88 Å². The standard InChI is InChI=1S/C16H13N7O3S/c1-7-12-8(14(24)25-6-11-20-15(17)22-16(18)21-11)5-9(10-3-2-4-27-10)19-13(12)26-23-7/h2-5H,6H2,1H3,(H4,17,18,20,21,22). The lowest BCUT2D eigenvalue weighted by atomic mass is 10.1. The number of hydrogen-bond donors (Lipinski definition) is 2. The number of pyridine rings is 1. The molecule has 0 bridgehead atoms. The van der Waals surface area contributed by atoms with Gasteiger partial charge in [0.1, 0.15) is 0 Å². The molecule has 0 aliphatic rings. The van der Waals surface area contributed by atoms with Crippen LogP contribution >= 0.6 is 11.3 Å². The van der Waals surface area contributed by atoms with Crippen LogP contribution in [-0.2, 0) is 11.3 Å². The highest BCUT2D eigenvalue weighted by atomic mass is 32.1. The van der Waals surface area contributed by atoms with Crippen molar-refractivity contribution in [2.45, 2.75) is 13.5 Å². The number of nitrogen functional groups attached to an aromatic ring is 2. The molecular weight excluding hydrogens is 370 g/mol. The van der Waals surface area contributed by atoms with Gasteiger partial charge >= 0.3 is 5.97 Å². The number of aryl methyl sites for hydroxylation is 1. The lowest BCUT2D eigenvalue weighted by molar-refractivity contribution is 0.0464. The van der Waals surface area contributed by atoms with E-state index in [4.69, 9.17) is 20.7 Å². The van der Waals surface area contributed by atoms with Crippen molar-refractivity contribution in [2.75, 3.05) is 11.5 Å². The first-order valence-corrected chi connectivity index (χ1v) is 8.63. The lowest BCUT2D eigenvalue weighted by Crippen LogP contribution is -2.11. The van der Waals surface area contributed by atoms with Crippen LogP contribution in [0.25, 0.3) is 21.7 Å². The molecule has 11 heteroatoms. The number of aromatic nitrogens is 5. The minimum atomic E-state index is -0.593. The maximum atomic E-state index is 12.7. The van der Waals surface area contributed by atoms with E-state index in [1.807, 2.05) is 17.5 Å². The number of rotatable bonds is 4. The molecule has 0 unspecified atom stereocenters. The van der Waals surface area contributed by atoms with Crippen LogP contribution in [0.4, 0.5) is 11.9 Å². The van der Waals surface area contributed by atoms with Crippen LogP contribution in [0.3, 0.4) is 0 Å². The minimum absolute atomic E-state index is 0.0466. The molecule has 10 nitrogen and oxygen atoms in total. The van der Waals surface area contributed by atoms with Gasteiger partial charge in [0.05, 0.1) is 27.2 Å². The van der Waals surface area contributed by atoms with E-state index < -0.39 is 5.97 Å². The summed E-state index contributed by atoms with van der Waals surface area (Å²) in [6, 6.07) is 5.44. The molecule has 0 aliphatic carbocycles. The Hall–Kier alpha value is -3.60. The average Bonchev–Trinajstić information content (AvgIpc) is 3.28. The molecule has 0 spiro atoms. The molecule has 0 fully saturated rings. The Labute approximate surface area is 156 Å². The molecule has 0 amide bonds. The molecule has 0 saturated carbocycles. The Morgan fingerprint density at radius 1 is 1.22 bits per heavy atom. The predicted molar refractivity (Wildman–Crippen MR) is 97.6 cm³/mol. The monoisotopic (exact) mass is 383 g/mol. The Bertz CT molecular complexity index is 1120. The molecular formula is C16H13N7O3S. The SMILES string of the molecule is Cc1noc2nc(-c3cccs3)cc(C(=O)OCc3nc(N)nc(N)n3)c12. The normalized spacial score (nSPS) is 11.0. The molecule has 4 rings (SSSR count). The number of anilines is 2. The van der Waals surface area contributed by atoms with E-state index in [-0.39, 0.29) is 35.6 Å². The van der Waals surface area contributed by atoms with Gasteiger partial charge < -0.3 is 20.7 Å². The fourth-order valence-electron chi connectivity index (χ4n) is 2.54. The van der Waals surface area contributed by atoms with Gasteiger partial charge in [-0.2, -0.15) is 15.0 Å². The second-order valence-corrected chi connectivity index (χ2v) is 6.47. The van der Waals surface area contributed by atoms with Gasteiger partial charge in [0.2, 0.25) is 11.9 Å². The van der Waals surface area contributed by atoms with E-state index >= 15 is 0 Å². The summed E-state index contributed by atoms with van der Waals surface area (Å²) in [6.45, 7) is 1.51. The van der Waals surface area contributed by atoms with Gasteiger partial charge in [-0.15, -0.1) is 11.3 Å². The molecule has 4 N–H and O–H groups in total. The number of fused-ring (bicyclic) bond motifs is 1. The largest absolute Gasteiger partial charge is 0.454 e. The molecule has 0 saturated heterocycles. The zero-order chi connectivity index (χ0) is 19.0. The van der Waals surface area contributed by atoms with Gasteiger partial charge in [-0.3, -0.25) is 0 Å². The second kappa shape index (κ2) is 6.61. The summed E-state index contributed by atoms with van der Waals surface area (Å²) in [5, 5.41) is 6.31. The maximum Gasteiger partial charge on any atom is 0.339 e. The number of hydrogen-bond acceptors (Lipinski definition) is 11. The highest BCUT2D eigenvalue weighted by molar-refractivity contribution is 7.13. The minimum Gasteiger partial charge on any atom is -0.454 e. The van der Waals surface area contributed by atoms with Crippen molar-refractivity contribution < 1.29 is 14.1 Å². The number of thiophene rings is 1. The topological polar surface area (TPSA) is 156 Å². The van der Waals surface area contributed by atoms with Crippen molar-refractivity contribution in [3.8, 4) is 10.6 Å². The van der Waals surface area contributed by atoms with E-state index in [2.05, 4.69) is 25.1 Å². The van der Waals surface area contributed by atoms with Crippen LogP contribution in [0.15, 0.2) is 28.1 Å². The van der Waals surface area contributed by atoms with Gasteiger partial charge in [0.25, 0.3) is 5.71 Å². The summed E-state index contributed by atoms with van der Waals surface area (Å²) < 4.78 is 10.6. The molecule has 4 heterocycles. The third-order valence-corrected chi connectivity index (χ3v) is 4.55. The second-order valence-electron chi connectivity index (χ2n) is 5.52. The Kier molecular flexibility index (Phi) is 4.12. The summed E-state index contributed by atoms with van der Waals surface area (Å²) in [5.41, 5.74) is 12.7. The summed E-state index contributed by atoms with van der Waals surface area (Å²) >= 11 is 1.49. The van der Waals surface area contributed by atoms with Crippen LogP contribution in [0.5, 0.6) is 0 Å². The Balaban J connectivity index is 1.69. The van der Waals surface area contributed by atoms with Gasteiger partial charge in [0, 0.05) is 0 Å². The van der Waals surface area contributed by atoms with Gasteiger partial charge in [-0.25, -0.2) is 9.78 Å². The van der Waals surface area contributed by atoms with Gasteiger partial charge in [-0.05, 0) is 24.4 Å². The van der Waals surface area contributed by atoms with E-state index in [1.165, 1.54) is 11.3 Å². The maximum absolute atomic E-state index is 12.7. The fraction of sp³-hybridized carbons (Fsp3) is 0.125. The van der Waals surface area contributed by atoms with Crippen LogP contribution in [0.1, 0.15) is 21.9 Å². The zero-order valence-corrected chi connectivity index (χ0v) is 14.9. The highest BCUT2D eigenvalue weighted by Crippen LogP contribution is 2.29. The number of nitrogens with zero attached hydrogens (tertiary/aromatic N) is 5. The third-order valence-electron chi connectivity index (χ3n) is 3.66. The number of esters is 1. The summed E-state index contributed by atoms with van der Waals surface area (Å²) in [6.07, 6.45) is 0. The first kappa shape index (κ1) is 16.8. The summed E-state index contributed by atoms with van der Waals surface area (Å²) in [7, 11) is 0. The van der Waals surface area contributed by atoms with Crippen molar-refractivity contribution in [2.24, 2.45) is 0 Å². The number of ether oxygens (including phenoxy) is 1. The quantitative estimate of drug-likeness (QED) is 0.499. The third kappa shape index (κ3) is 3.27. The first-order valence-electron chi connectivity index (χ1n) is 7.75.